The van der Waals surface area contributed by atoms with Gasteiger partial charge in [0.15, 0.2) is 0 Å². The molecular formula is C34H36F4N2O4. The first-order valence-electron chi connectivity index (χ1n) is 14.9. The number of rotatable bonds is 6. The standard InChI is InChI=1S/C34H36F4N2O4/c1-19-13-20(2)16-39(15-19)33(41)23-5-9-25(10-6-23)43-31-27(35)29(37)32(30(38)28(31)36)44-26-11-7-24(8-12-26)34(42)40-17-21(3)14-22(4)18-40/h5-12,19-22H,13-18H2,1-4H3/t19-,20+,21-,22+. The van der Waals surface area contributed by atoms with Crippen LogP contribution in [0.5, 0.6) is 23.0 Å². The number of likely N-dealkylation sites (tertiary alicyclic amines) is 2. The largest absolute Gasteiger partial charge is 0.451 e. The molecule has 0 N–H and O–H groups in total. The lowest BCUT2D eigenvalue weighted by Crippen LogP contribution is -2.42. The van der Waals surface area contributed by atoms with Crippen molar-refractivity contribution in [3.63, 3.8) is 0 Å². The zero-order valence-corrected chi connectivity index (χ0v) is 25.2. The first kappa shape index (κ1) is 31.3. The molecule has 3 aromatic rings. The van der Waals surface area contributed by atoms with E-state index in [9.17, 15) is 27.2 Å². The van der Waals surface area contributed by atoms with E-state index in [4.69, 9.17) is 9.47 Å². The third kappa shape index (κ3) is 6.69. The van der Waals surface area contributed by atoms with Crippen molar-refractivity contribution < 1.29 is 36.6 Å². The van der Waals surface area contributed by atoms with E-state index in [1.807, 2.05) is 0 Å². The number of piperidine rings is 2. The van der Waals surface area contributed by atoms with E-state index in [2.05, 4.69) is 27.7 Å². The van der Waals surface area contributed by atoms with Crippen LogP contribution in [-0.4, -0.2) is 47.8 Å². The van der Waals surface area contributed by atoms with Crippen molar-refractivity contribution in [1.82, 2.24) is 9.80 Å². The highest BCUT2D eigenvalue weighted by Gasteiger charge is 2.30. The van der Waals surface area contributed by atoms with Crippen LogP contribution in [0.3, 0.4) is 0 Å². The minimum atomic E-state index is -1.78. The third-order valence-electron chi connectivity index (χ3n) is 8.14. The molecule has 2 aliphatic rings. The number of ether oxygens (including phenoxy) is 2. The van der Waals surface area contributed by atoms with Gasteiger partial charge >= 0.3 is 0 Å². The van der Waals surface area contributed by atoms with E-state index in [-0.39, 0.29) is 23.3 Å². The first-order chi connectivity index (χ1) is 20.9. The van der Waals surface area contributed by atoms with Gasteiger partial charge in [-0.25, -0.2) is 0 Å². The molecule has 2 aliphatic heterocycles. The number of hydrogen-bond donors (Lipinski definition) is 0. The van der Waals surface area contributed by atoms with Crippen LogP contribution in [0.15, 0.2) is 48.5 Å². The lowest BCUT2D eigenvalue weighted by Gasteiger charge is -2.35. The van der Waals surface area contributed by atoms with Crippen molar-refractivity contribution >= 4 is 11.8 Å². The van der Waals surface area contributed by atoms with E-state index >= 15 is 0 Å². The summed E-state index contributed by atoms with van der Waals surface area (Å²) in [6.07, 6.45) is 2.07. The second-order valence-electron chi connectivity index (χ2n) is 12.5. The molecule has 0 bridgehead atoms. The van der Waals surface area contributed by atoms with Crippen LogP contribution >= 0.6 is 0 Å². The van der Waals surface area contributed by atoms with Crippen molar-refractivity contribution in [1.29, 1.82) is 0 Å². The summed E-state index contributed by atoms with van der Waals surface area (Å²) >= 11 is 0. The second kappa shape index (κ2) is 12.9. The van der Waals surface area contributed by atoms with Gasteiger partial charge in [0.25, 0.3) is 11.8 Å². The molecule has 5 rings (SSSR count). The van der Waals surface area contributed by atoms with Crippen molar-refractivity contribution in [2.75, 3.05) is 26.2 Å². The van der Waals surface area contributed by atoms with Crippen molar-refractivity contribution in [2.45, 2.75) is 40.5 Å². The van der Waals surface area contributed by atoms with E-state index in [1.165, 1.54) is 48.5 Å². The third-order valence-corrected chi connectivity index (χ3v) is 8.14. The summed E-state index contributed by atoms with van der Waals surface area (Å²) in [6, 6.07) is 10.9. The van der Waals surface area contributed by atoms with Gasteiger partial charge in [-0.05, 0) is 85.0 Å². The summed E-state index contributed by atoms with van der Waals surface area (Å²) in [5.74, 6) is -8.82. The Balaban J connectivity index is 1.28. The maximum absolute atomic E-state index is 15.0. The summed E-state index contributed by atoms with van der Waals surface area (Å²) < 4.78 is 70.2. The fourth-order valence-electron chi connectivity index (χ4n) is 6.36. The summed E-state index contributed by atoms with van der Waals surface area (Å²) in [4.78, 5) is 29.4. The Morgan fingerprint density at radius 2 is 0.818 bits per heavy atom. The summed E-state index contributed by atoms with van der Waals surface area (Å²) in [5, 5.41) is 0. The molecule has 2 fully saturated rings. The van der Waals surface area contributed by atoms with Crippen LogP contribution in [0.1, 0.15) is 61.3 Å². The summed E-state index contributed by atoms with van der Waals surface area (Å²) in [6.45, 7) is 10.9. The molecule has 44 heavy (non-hydrogen) atoms. The maximum Gasteiger partial charge on any atom is 0.253 e. The number of benzene rings is 3. The van der Waals surface area contributed by atoms with Gasteiger partial charge in [-0.15, -0.1) is 0 Å². The van der Waals surface area contributed by atoms with Gasteiger partial charge in [-0.3, -0.25) is 9.59 Å². The summed E-state index contributed by atoms with van der Waals surface area (Å²) in [7, 11) is 0. The Hall–Kier alpha value is -4.08. The SMILES string of the molecule is C[C@@H]1C[C@H](C)CN(C(=O)c2ccc(Oc3c(F)c(F)c(Oc4ccc(C(=O)N5C[C@H](C)C[C@H](C)C5)cc4)c(F)c3F)cc2)C1. The van der Waals surface area contributed by atoms with E-state index in [0.717, 1.165) is 12.8 Å². The fourth-order valence-corrected chi connectivity index (χ4v) is 6.36. The molecule has 2 heterocycles. The van der Waals surface area contributed by atoms with E-state index in [1.54, 1.807) is 9.80 Å². The van der Waals surface area contributed by atoms with Crippen LogP contribution in [0, 0.1) is 46.9 Å². The monoisotopic (exact) mass is 612 g/mol. The predicted octanol–water partition coefficient (Wildman–Crippen LogP) is 8.06. The van der Waals surface area contributed by atoms with Gasteiger partial charge in [-0.2, -0.15) is 17.6 Å². The van der Waals surface area contributed by atoms with Gasteiger partial charge in [0.1, 0.15) is 11.5 Å². The molecule has 2 amide bonds. The highest BCUT2D eigenvalue weighted by atomic mass is 19.2. The Labute approximate surface area is 254 Å². The smallest absolute Gasteiger partial charge is 0.253 e. The van der Waals surface area contributed by atoms with Crippen LogP contribution < -0.4 is 9.47 Å². The lowest BCUT2D eigenvalue weighted by molar-refractivity contribution is 0.0617. The fraction of sp³-hybridized carbons (Fsp3) is 0.412. The highest BCUT2D eigenvalue weighted by Crippen LogP contribution is 2.39. The number of carbonyl (C=O) groups is 2. The average molecular weight is 613 g/mol. The Bertz CT molecular complexity index is 1370. The molecule has 0 aliphatic carbocycles. The number of nitrogens with zero attached hydrogens (tertiary/aromatic N) is 2. The van der Waals surface area contributed by atoms with Crippen LogP contribution in [0.2, 0.25) is 0 Å². The minimum absolute atomic E-state index is 0.120. The normalized spacial score (nSPS) is 22.1. The van der Waals surface area contributed by atoms with Gasteiger partial charge in [0, 0.05) is 37.3 Å². The molecule has 0 unspecified atom stereocenters. The first-order valence-corrected chi connectivity index (χ1v) is 14.9. The van der Waals surface area contributed by atoms with Crippen LogP contribution in [0.4, 0.5) is 17.6 Å². The molecule has 4 atom stereocenters. The number of hydrogen-bond acceptors (Lipinski definition) is 4. The lowest BCUT2D eigenvalue weighted by atomic mass is 9.91. The Morgan fingerprint density at radius 3 is 1.09 bits per heavy atom. The number of halogens is 4. The molecule has 0 saturated carbocycles. The van der Waals surface area contributed by atoms with Crippen molar-refractivity contribution in [3.8, 4) is 23.0 Å². The second-order valence-corrected chi connectivity index (χ2v) is 12.5. The van der Waals surface area contributed by atoms with Crippen molar-refractivity contribution in [2.24, 2.45) is 23.7 Å². The molecule has 3 aromatic carbocycles. The molecule has 0 spiro atoms. The van der Waals surface area contributed by atoms with E-state index < -0.39 is 34.8 Å². The van der Waals surface area contributed by atoms with Gasteiger partial charge in [0.2, 0.25) is 34.8 Å². The van der Waals surface area contributed by atoms with Crippen LogP contribution in [0.25, 0.3) is 0 Å². The van der Waals surface area contributed by atoms with Gasteiger partial charge < -0.3 is 19.3 Å². The highest BCUT2D eigenvalue weighted by molar-refractivity contribution is 5.95. The Morgan fingerprint density at radius 1 is 0.545 bits per heavy atom. The van der Waals surface area contributed by atoms with Gasteiger partial charge in [-0.1, -0.05) is 27.7 Å². The molecule has 2 saturated heterocycles. The van der Waals surface area contributed by atoms with Gasteiger partial charge in [0.05, 0.1) is 0 Å². The molecule has 0 radical (unpaired) electrons. The summed E-state index contributed by atoms with van der Waals surface area (Å²) in [5.41, 5.74) is 0.710. The zero-order chi connectivity index (χ0) is 31.7. The molecule has 0 aromatic heterocycles. The van der Waals surface area contributed by atoms with Crippen LogP contribution in [-0.2, 0) is 0 Å². The topological polar surface area (TPSA) is 59.1 Å². The number of carbonyl (C=O) groups excluding carboxylic acids is 2. The number of amides is 2. The average Bonchev–Trinajstić information content (AvgIpc) is 2.99. The maximum atomic E-state index is 15.0. The minimum Gasteiger partial charge on any atom is -0.451 e. The quantitative estimate of drug-likeness (QED) is 0.209. The molecule has 6 nitrogen and oxygen atoms in total. The predicted molar refractivity (Wildman–Crippen MR) is 157 cm³/mol. The molecule has 234 valence electrons. The van der Waals surface area contributed by atoms with E-state index in [0.29, 0.717) is 61.0 Å². The zero-order valence-electron chi connectivity index (χ0n) is 25.2. The van der Waals surface area contributed by atoms with Crippen molar-refractivity contribution in [3.05, 3.63) is 82.9 Å². The Kier molecular flexibility index (Phi) is 9.18. The molecule has 10 heteroatoms. The molecular weight excluding hydrogens is 576 g/mol.